The lowest BCUT2D eigenvalue weighted by Gasteiger charge is -2.20. The van der Waals surface area contributed by atoms with Gasteiger partial charge in [-0.25, -0.2) is 0 Å². The van der Waals surface area contributed by atoms with Crippen LogP contribution in [-0.4, -0.2) is 32.0 Å². The number of nitrogens with one attached hydrogen (secondary N) is 1. The van der Waals surface area contributed by atoms with Crippen molar-refractivity contribution >= 4 is 29.0 Å². The van der Waals surface area contributed by atoms with Gasteiger partial charge in [-0.3, -0.25) is 9.36 Å². The maximum Gasteiger partial charge on any atom is 0.230 e. The minimum atomic E-state index is -0.241. The molecule has 0 aliphatic carbocycles. The summed E-state index contributed by atoms with van der Waals surface area (Å²) in [6.45, 7) is 5.92. The molecule has 2 aromatic heterocycles. The van der Waals surface area contributed by atoms with Crippen LogP contribution in [0.25, 0.3) is 5.69 Å². The van der Waals surface area contributed by atoms with E-state index in [4.69, 9.17) is 0 Å². The van der Waals surface area contributed by atoms with Crippen molar-refractivity contribution in [1.82, 2.24) is 20.1 Å². The number of para-hydroxylation sites is 1. The van der Waals surface area contributed by atoms with Crippen molar-refractivity contribution in [2.45, 2.75) is 37.9 Å². The highest BCUT2D eigenvalue weighted by molar-refractivity contribution is 7.99. The molecule has 5 nitrogen and oxygen atoms in total. The van der Waals surface area contributed by atoms with Gasteiger partial charge in [0.05, 0.1) is 5.75 Å². The lowest BCUT2D eigenvalue weighted by molar-refractivity contribution is -0.119. The van der Waals surface area contributed by atoms with Gasteiger partial charge in [-0.15, -0.1) is 21.5 Å². The highest BCUT2D eigenvalue weighted by Gasteiger charge is 2.18. The summed E-state index contributed by atoms with van der Waals surface area (Å²) < 4.78 is 2.04. The lowest BCUT2D eigenvalue weighted by atomic mass is 10.1. The zero-order valence-electron chi connectivity index (χ0n) is 15.1. The van der Waals surface area contributed by atoms with E-state index in [9.17, 15) is 4.79 Å². The topological polar surface area (TPSA) is 59.8 Å². The Balaban J connectivity index is 1.83. The van der Waals surface area contributed by atoms with Crippen LogP contribution in [0.3, 0.4) is 0 Å². The lowest BCUT2D eigenvalue weighted by Crippen LogP contribution is -2.41. The summed E-state index contributed by atoms with van der Waals surface area (Å²) in [5.41, 5.74) is 0.762. The van der Waals surface area contributed by atoms with Gasteiger partial charge >= 0.3 is 0 Å². The quantitative estimate of drug-likeness (QED) is 0.652. The largest absolute Gasteiger partial charge is 0.351 e. The monoisotopic (exact) mass is 386 g/mol. The van der Waals surface area contributed by atoms with E-state index in [-0.39, 0.29) is 11.4 Å². The van der Waals surface area contributed by atoms with Crippen LogP contribution >= 0.6 is 23.1 Å². The number of thioether (sulfide) groups is 1. The molecule has 0 fully saturated rings. The fourth-order valence-electron chi connectivity index (χ4n) is 2.50. The number of thiophene rings is 1. The van der Waals surface area contributed by atoms with Crippen LogP contribution in [0.5, 0.6) is 0 Å². The second kappa shape index (κ2) is 8.05. The van der Waals surface area contributed by atoms with Gasteiger partial charge in [-0.05, 0) is 44.4 Å². The number of benzene rings is 1. The van der Waals surface area contributed by atoms with Crippen molar-refractivity contribution < 1.29 is 4.79 Å². The van der Waals surface area contributed by atoms with E-state index in [2.05, 4.69) is 27.0 Å². The first-order valence-corrected chi connectivity index (χ1v) is 10.2. The summed E-state index contributed by atoms with van der Waals surface area (Å²) in [6, 6.07) is 14.2. The van der Waals surface area contributed by atoms with Crippen LogP contribution < -0.4 is 5.32 Å². The van der Waals surface area contributed by atoms with Crippen LogP contribution in [0.4, 0.5) is 0 Å². The molecule has 0 atom stereocenters. The zero-order chi connectivity index (χ0) is 18.6. The third kappa shape index (κ3) is 4.95. The van der Waals surface area contributed by atoms with Gasteiger partial charge < -0.3 is 5.32 Å². The smallest absolute Gasteiger partial charge is 0.230 e. The Morgan fingerprint density at radius 2 is 1.92 bits per heavy atom. The van der Waals surface area contributed by atoms with Crippen LogP contribution in [0.15, 0.2) is 53.0 Å². The first-order chi connectivity index (χ1) is 12.4. The molecule has 7 heteroatoms. The van der Waals surface area contributed by atoms with Crippen molar-refractivity contribution in [3.05, 3.63) is 58.5 Å². The molecule has 0 aliphatic rings. The van der Waals surface area contributed by atoms with E-state index in [1.165, 1.54) is 16.6 Å². The number of carbonyl (C=O) groups is 1. The molecule has 136 valence electrons. The number of amides is 1. The van der Waals surface area contributed by atoms with Crippen molar-refractivity contribution in [3.8, 4) is 5.69 Å². The van der Waals surface area contributed by atoms with E-state index >= 15 is 0 Å². The van der Waals surface area contributed by atoms with Crippen LogP contribution in [-0.2, 0) is 11.2 Å². The van der Waals surface area contributed by atoms with Gasteiger partial charge in [-0.2, -0.15) is 0 Å². The van der Waals surface area contributed by atoms with E-state index < -0.39 is 0 Å². The number of aromatic nitrogens is 3. The van der Waals surface area contributed by atoms with Gasteiger partial charge in [0.1, 0.15) is 5.82 Å². The second-order valence-electron chi connectivity index (χ2n) is 6.91. The van der Waals surface area contributed by atoms with Crippen molar-refractivity contribution in [2.75, 3.05) is 5.75 Å². The van der Waals surface area contributed by atoms with E-state index in [1.807, 2.05) is 61.7 Å². The molecule has 2 heterocycles. The second-order valence-corrected chi connectivity index (χ2v) is 8.89. The first-order valence-electron chi connectivity index (χ1n) is 8.38. The van der Waals surface area contributed by atoms with Crippen LogP contribution in [0, 0.1) is 0 Å². The predicted molar refractivity (Wildman–Crippen MR) is 107 cm³/mol. The zero-order valence-corrected chi connectivity index (χ0v) is 16.7. The van der Waals surface area contributed by atoms with Crippen LogP contribution in [0.2, 0.25) is 0 Å². The average molecular weight is 387 g/mol. The van der Waals surface area contributed by atoms with Gasteiger partial charge in [-0.1, -0.05) is 36.0 Å². The molecule has 3 aromatic rings. The molecule has 1 aromatic carbocycles. The maximum absolute atomic E-state index is 12.2. The molecule has 0 spiro atoms. The fourth-order valence-corrected chi connectivity index (χ4v) is 3.97. The molecule has 0 bridgehead atoms. The van der Waals surface area contributed by atoms with E-state index in [0.29, 0.717) is 12.2 Å². The highest BCUT2D eigenvalue weighted by Crippen LogP contribution is 2.24. The molecule has 26 heavy (non-hydrogen) atoms. The summed E-state index contributed by atoms with van der Waals surface area (Å²) >= 11 is 3.11. The number of nitrogens with zero attached hydrogens (tertiary/aromatic N) is 3. The molecule has 0 saturated heterocycles. The molecule has 0 unspecified atom stereocenters. The average Bonchev–Trinajstić information content (AvgIpc) is 3.22. The molecule has 0 radical (unpaired) electrons. The molecular formula is C19H22N4OS2. The molecule has 3 rings (SSSR count). The number of hydrogen-bond donors (Lipinski definition) is 1. The first kappa shape index (κ1) is 18.7. The van der Waals surface area contributed by atoms with Gasteiger partial charge in [0, 0.05) is 22.5 Å². The SMILES string of the molecule is CC(C)(C)NC(=O)CSc1nnc(Cc2cccs2)n1-c1ccccc1. The molecule has 0 aliphatic heterocycles. The Hall–Kier alpha value is -2.12. The Labute approximate surface area is 161 Å². The minimum Gasteiger partial charge on any atom is -0.351 e. The summed E-state index contributed by atoms with van der Waals surface area (Å²) in [6.07, 6.45) is 0.717. The third-order valence-corrected chi connectivity index (χ3v) is 5.28. The Bertz CT molecular complexity index is 852. The highest BCUT2D eigenvalue weighted by atomic mass is 32.2. The fraction of sp³-hybridized carbons (Fsp3) is 0.316. The Morgan fingerprint density at radius 1 is 1.15 bits per heavy atom. The van der Waals surface area contributed by atoms with Gasteiger partial charge in [0.25, 0.3) is 0 Å². The van der Waals surface area contributed by atoms with Gasteiger partial charge in [0.15, 0.2) is 5.16 Å². The molecule has 1 amide bonds. The molecule has 0 saturated carbocycles. The number of carbonyl (C=O) groups excluding carboxylic acids is 1. The van der Waals surface area contributed by atoms with Crippen molar-refractivity contribution in [3.63, 3.8) is 0 Å². The van der Waals surface area contributed by atoms with Crippen molar-refractivity contribution in [2.24, 2.45) is 0 Å². The number of hydrogen-bond acceptors (Lipinski definition) is 5. The Morgan fingerprint density at radius 3 is 2.58 bits per heavy atom. The normalized spacial score (nSPS) is 11.5. The minimum absolute atomic E-state index is 0.00933. The maximum atomic E-state index is 12.2. The van der Waals surface area contributed by atoms with Crippen LogP contribution in [0.1, 0.15) is 31.5 Å². The summed E-state index contributed by atoms with van der Waals surface area (Å²) in [4.78, 5) is 13.4. The molecule has 1 N–H and O–H groups in total. The van der Waals surface area contributed by atoms with E-state index in [1.54, 1.807) is 11.3 Å². The van der Waals surface area contributed by atoms with Gasteiger partial charge in [0.2, 0.25) is 5.91 Å². The number of rotatable bonds is 6. The van der Waals surface area contributed by atoms with Crippen molar-refractivity contribution in [1.29, 1.82) is 0 Å². The summed E-state index contributed by atoms with van der Waals surface area (Å²) in [7, 11) is 0. The summed E-state index contributed by atoms with van der Waals surface area (Å²) in [5.74, 6) is 1.17. The standard InChI is InChI=1S/C19H22N4OS2/c1-19(2,3)20-17(24)13-26-18-22-21-16(12-15-10-7-11-25-15)23(18)14-8-5-4-6-9-14/h4-11H,12-13H2,1-3H3,(H,20,24). The predicted octanol–water partition coefficient (Wildman–Crippen LogP) is 3.93. The third-order valence-electron chi connectivity index (χ3n) is 3.47. The molecular weight excluding hydrogens is 364 g/mol. The van der Waals surface area contributed by atoms with E-state index in [0.717, 1.165) is 16.7 Å². The Kier molecular flexibility index (Phi) is 5.78. The summed E-state index contributed by atoms with van der Waals surface area (Å²) in [5, 5.41) is 14.5.